The number of ether oxygens (including phenoxy) is 1. The normalized spacial score (nSPS) is 21.8. The Morgan fingerprint density at radius 3 is 2.63 bits per heavy atom. The third kappa shape index (κ3) is 3.76. The van der Waals surface area contributed by atoms with Gasteiger partial charge in [-0.05, 0) is 19.1 Å². The third-order valence-corrected chi connectivity index (χ3v) is 4.14. The third-order valence-electron chi connectivity index (χ3n) is 2.95. The van der Waals surface area contributed by atoms with Crippen molar-refractivity contribution in [2.24, 2.45) is 0 Å². The van der Waals surface area contributed by atoms with Gasteiger partial charge >= 0.3 is 0 Å². The maximum atomic E-state index is 12.0. The fraction of sp³-hybridized carbons (Fsp3) is 0.500. The van der Waals surface area contributed by atoms with E-state index in [1.165, 1.54) is 18.3 Å². The highest BCUT2D eigenvalue weighted by molar-refractivity contribution is 7.15. The number of carbonyl (C=O) groups is 2. The highest BCUT2D eigenvalue weighted by Gasteiger charge is 2.28. The number of ketones is 1. The Kier molecular flexibility index (Phi) is 5.93. The maximum absolute atomic E-state index is 12.0. The van der Waals surface area contributed by atoms with Gasteiger partial charge in [-0.3, -0.25) is 9.59 Å². The summed E-state index contributed by atoms with van der Waals surface area (Å²) >= 11 is 1.22. The van der Waals surface area contributed by atoms with Crippen LogP contribution in [0, 0.1) is 0 Å². The van der Waals surface area contributed by atoms with Crippen LogP contribution < -0.4 is 10.6 Å². The lowest BCUT2D eigenvalue weighted by Crippen LogP contribution is -2.43. The Bertz CT molecular complexity index is 464. The highest BCUT2D eigenvalue weighted by atomic mass is 35.5. The standard InChI is InChI=1S/C12H16N2O3S.ClH/c1-7(15)10-3-4-11(18-10)12(16)14-8-5-13-6-9(8)17-2;/h3-4,8-9,13H,5-6H2,1-2H3,(H,14,16);1H/t8-,9-;/m0./s1. The van der Waals surface area contributed by atoms with Crippen molar-refractivity contribution >= 4 is 35.4 Å². The van der Waals surface area contributed by atoms with Crippen LogP contribution in [0.25, 0.3) is 0 Å². The molecule has 1 amide bonds. The summed E-state index contributed by atoms with van der Waals surface area (Å²) in [7, 11) is 1.63. The van der Waals surface area contributed by atoms with Gasteiger partial charge in [0.25, 0.3) is 5.91 Å². The van der Waals surface area contributed by atoms with Gasteiger partial charge in [-0.2, -0.15) is 0 Å². The molecule has 1 aromatic rings. The summed E-state index contributed by atoms with van der Waals surface area (Å²) in [5.41, 5.74) is 0. The molecule has 0 saturated carbocycles. The molecule has 1 saturated heterocycles. The number of carbonyl (C=O) groups excluding carboxylic acids is 2. The van der Waals surface area contributed by atoms with E-state index >= 15 is 0 Å². The van der Waals surface area contributed by atoms with Gasteiger partial charge in [0.15, 0.2) is 5.78 Å². The van der Waals surface area contributed by atoms with E-state index < -0.39 is 0 Å². The number of Topliss-reactive ketones (excluding diaryl/α,β-unsaturated/α-hetero) is 1. The predicted octanol–water partition coefficient (Wildman–Crippen LogP) is 1.09. The molecule has 1 aliphatic rings. The van der Waals surface area contributed by atoms with Crippen molar-refractivity contribution in [3.05, 3.63) is 21.9 Å². The molecule has 0 aromatic carbocycles. The van der Waals surface area contributed by atoms with E-state index in [1.807, 2.05) is 0 Å². The maximum Gasteiger partial charge on any atom is 0.261 e. The average Bonchev–Trinajstić information content (AvgIpc) is 2.96. The van der Waals surface area contributed by atoms with Gasteiger partial charge in [-0.25, -0.2) is 0 Å². The molecule has 2 N–H and O–H groups in total. The zero-order valence-electron chi connectivity index (χ0n) is 10.8. The fourth-order valence-corrected chi connectivity index (χ4v) is 2.74. The average molecular weight is 305 g/mol. The Labute approximate surface area is 122 Å². The predicted molar refractivity (Wildman–Crippen MR) is 76.5 cm³/mol. The van der Waals surface area contributed by atoms with Crippen LogP contribution in [0.1, 0.15) is 26.3 Å². The number of methoxy groups -OCH3 is 1. The van der Waals surface area contributed by atoms with E-state index in [-0.39, 0.29) is 36.2 Å². The summed E-state index contributed by atoms with van der Waals surface area (Å²) in [5.74, 6) is -0.167. The van der Waals surface area contributed by atoms with E-state index in [0.717, 1.165) is 6.54 Å². The molecule has 5 nitrogen and oxygen atoms in total. The number of halogens is 1. The molecule has 0 unspecified atom stereocenters. The van der Waals surface area contributed by atoms with Crippen LogP contribution >= 0.6 is 23.7 Å². The lowest BCUT2D eigenvalue weighted by molar-refractivity contribution is 0.0782. The van der Waals surface area contributed by atoms with E-state index in [1.54, 1.807) is 19.2 Å². The number of hydrogen-bond donors (Lipinski definition) is 2. The van der Waals surface area contributed by atoms with Crippen LogP contribution in [0.4, 0.5) is 0 Å². The lowest BCUT2D eigenvalue weighted by atomic mass is 10.2. The zero-order chi connectivity index (χ0) is 13.1. The van der Waals surface area contributed by atoms with E-state index in [0.29, 0.717) is 16.3 Å². The first-order valence-electron chi connectivity index (χ1n) is 5.77. The number of thiophene rings is 1. The Morgan fingerprint density at radius 2 is 2.05 bits per heavy atom. The smallest absolute Gasteiger partial charge is 0.261 e. The van der Waals surface area contributed by atoms with Gasteiger partial charge < -0.3 is 15.4 Å². The molecule has 0 spiro atoms. The molecular formula is C12H17ClN2O3S. The Hall–Kier alpha value is -0.950. The van der Waals surface area contributed by atoms with Crippen LogP contribution in [0.2, 0.25) is 0 Å². The second-order valence-electron chi connectivity index (χ2n) is 4.23. The Morgan fingerprint density at radius 1 is 1.37 bits per heavy atom. The minimum atomic E-state index is -0.150. The van der Waals surface area contributed by atoms with E-state index in [4.69, 9.17) is 4.74 Å². The molecule has 7 heteroatoms. The quantitative estimate of drug-likeness (QED) is 0.817. The van der Waals surface area contributed by atoms with Crippen LogP contribution in [-0.2, 0) is 4.74 Å². The van der Waals surface area contributed by atoms with Crippen LogP contribution in [0.3, 0.4) is 0 Å². The van der Waals surface area contributed by atoms with Gasteiger partial charge in [0.05, 0.1) is 21.9 Å². The van der Waals surface area contributed by atoms with Crippen molar-refractivity contribution in [3.8, 4) is 0 Å². The zero-order valence-corrected chi connectivity index (χ0v) is 12.4. The Balaban J connectivity index is 0.00000180. The molecule has 1 aliphatic heterocycles. The molecule has 0 bridgehead atoms. The molecular weight excluding hydrogens is 288 g/mol. The molecule has 0 aliphatic carbocycles. The summed E-state index contributed by atoms with van der Waals surface area (Å²) < 4.78 is 5.28. The lowest BCUT2D eigenvalue weighted by Gasteiger charge is -2.17. The topological polar surface area (TPSA) is 67.4 Å². The molecule has 0 radical (unpaired) electrons. The number of nitrogens with one attached hydrogen (secondary N) is 2. The summed E-state index contributed by atoms with van der Waals surface area (Å²) in [5, 5.41) is 6.08. The van der Waals surface area contributed by atoms with Crippen molar-refractivity contribution in [1.29, 1.82) is 0 Å². The van der Waals surface area contributed by atoms with Crippen molar-refractivity contribution < 1.29 is 14.3 Å². The van der Waals surface area contributed by atoms with Gasteiger partial charge in [-0.15, -0.1) is 23.7 Å². The minimum absolute atomic E-state index is 0. The van der Waals surface area contributed by atoms with Gasteiger partial charge in [0, 0.05) is 20.2 Å². The molecule has 2 rings (SSSR count). The van der Waals surface area contributed by atoms with E-state index in [2.05, 4.69) is 10.6 Å². The van der Waals surface area contributed by atoms with Crippen molar-refractivity contribution in [1.82, 2.24) is 10.6 Å². The number of rotatable bonds is 4. The largest absolute Gasteiger partial charge is 0.378 e. The monoisotopic (exact) mass is 304 g/mol. The van der Waals surface area contributed by atoms with Gasteiger partial charge in [-0.1, -0.05) is 0 Å². The summed E-state index contributed by atoms with van der Waals surface area (Å²) in [6.07, 6.45) is 0.00110. The van der Waals surface area contributed by atoms with Crippen molar-refractivity contribution in [2.75, 3.05) is 20.2 Å². The van der Waals surface area contributed by atoms with E-state index in [9.17, 15) is 9.59 Å². The molecule has 2 atom stereocenters. The molecule has 106 valence electrons. The van der Waals surface area contributed by atoms with Crippen LogP contribution in [-0.4, -0.2) is 44.0 Å². The summed E-state index contributed by atoms with van der Waals surface area (Å²) in [6.45, 7) is 2.94. The van der Waals surface area contributed by atoms with Gasteiger partial charge in [0.2, 0.25) is 0 Å². The first-order chi connectivity index (χ1) is 8.61. The molecule has 19 heavy (non-hydrogen) atoms. The number of amides is 1. The number of hydrogen-bond acceptors (Lipinski definition) is 5. The highest BCUT2D eigenvalue weighted by Crippen LogP contribution is 2.17. The second-order valence-corrected chi connectivity index (χ2v) is 5.32. The van der Waals surface area contributed by atoms with Crippen LogP contribution in [0.15, 0.2) is 12.1 Å². The summed E-state index contributed by atoms with van der Waals surface area (Å²) in [6, 6.07) is 3.34. The van der Waals surface area contributed by atoms with Crippen molar-refractivity contribution in [2.45, 2.75) is 19.1 Å². The van der Waals surface area contributed by atoms with Gasteiger partial charge in [0.1, 0.15) is 0 Å². The molecule has 2 heterocycles. The first-order valence-corrected chi connectivity index (χ1v) is 6.58. The SMILES string of the molecule is CO[C@H]1CNC[C@@H]1NC(=O)c1ccc(C(C)=O)s1.Cl. The van der Waals surface area contributed by atoms with Crippen LogP contribution in [0.5, 0.6) is 0 Å². The first kappa shape index (κ1) is 16.1. The minimum Gasteiger partial charge on any atom is -0.378 e. The molecule has 1 aromatic heterocycles. The molecule has 1 fully saturated rings. The summed E-state index contributed by atoms with van der Waals surface area (Å²) in [4.78, 5) is 24.3. The fourth-order valence-electron chi connectivity index (χ4n) is 1.94. The second kappa shape index (κ2) is 7.00. The van der Waals surface area contributed by atoms with Crippen molar-refractivity contribution in [3.63, 3.8) is 0 Å².